The van der Waals surface area contributed by atoms with E-state index in [1.807, 2.05) is 65.7 Å². The Hall–Kier alpha value is -4.89. The van der Waals surface area contributed by atoms with Gasteiger partial charge in [-0.3, -0.25) is 14.4 Å². The molecule has 0 radical (unpaired) electrons. The number of Topliss-reactive ketones (excluding diaryl/α,β-unsaturated/α-hetero) is 2. The van der Waals surface area contributed by atoms with Crippen LogP contribution in [0.5, 0.6) is 17.2 Å². The number of fused-ring (bicyclic) bond motifs is 7. The van der Waals surface area contributed by atoms with Gasteiger partial charge in [0.15, 0.2) is 23.1 Å². The molecule has 4 heterocycles. The fourth-order valence-corrected chi connectivity index (χ4v) is 7.93. The van der Waals surface area contributed by atoms with Crippen LogP contribution in [0.3, 0.4) is 0 Å². The number of carbonyl (C=O) groups excluding carboxylic acids is 3. The SMILES string of the molecule is COc1ccc(C(=O)[C@@H]2[C@H](C(=O)c3ccc4c(c3)OCO4)[C@@]3(C(=O)Nc4ccccc43)[C@H]3c4ccccc4C=CN23)cc1Br. The molecule has 4 aliphatic rings. The highest BCUT2D eigenvalue weighted by atomic mass is 79.9. The molecule has 0 bridgehead atoms. The first-order valence-electron chi connectivity index (χ1n) is 14.2. The van der Waals surface area contributed by atoms with Crippen molar-refractivity contribution in [1.29, 1.82) is 0 Å². The van der Waals surface area contributed by atoms with Crippen LogP contribution in [0.1, 0.15) is 43.4 Å². The average Bonchev–Trinajstić information content (AvgIpc) is 3.73. The Kier molecular flexibility index (Phi) is 5.96. The molecule has 44 heavy (non-hydrogen) atoms. The van der Waals surface area contributed by atoms with Gasteiger partial charge in [0, 0.05) is 23.0 Å². The number of ketones is 2. The zero-order valence-corrected chi connectivity index (χ0v) is 25.0. The molecule has 4 aromatic carbocycles. The van der Waals surface area contributed by atoms with Crippen LogP contribution in [0.25, 0.3) is 6.08 Å². The Labute approximate surface area is 261 Å². The quantitative estimate of drug-likeness (QED) is 0.259. The van der Waals surface area contributed by atoms with Gasteiger partial charge in [-0.15, -0.1) is 0 Å². The number of nitrogens with one attached hydrogen (secondary N) is 1. The Morgan fingerprint density at radius 3 is 2.52 bits per heavy atom. The minimum atomic E-state index is -1.42. The molecule has 0 aliphatic carbocycles. The highest BCUT2D eigenvalue weighted by molar-refractivity contribution is 9.10. The van der Waals surface area contributed by atoms with Crippen molar-refractivity contribution in [3.05, 3.63) is 123 Å². The maximum Gasteiger partial charge on any atom is 0.238 e. The predicted octanol–water partition coefficient (Wildman–Crippen LogP) is 6.17. The number of hydrogen-bond donors (Lipinski definition) is 1. The lowest BCUT2D eigenvalue weighted by molar-refractivity contribution is -0.122. The summed E-state index contributed by atoms with van der Waals surface area (Å²) in [7, 11) is 1.55. The number of anilines is 1. The molecule has 1 fully saturated rings. The summed E-state index contributed by atoms with van der Waals surface area (Å²) in [5.74, 6) is -0.464. The summed E-state index contributed by atoms with van der Waals surface area (Å²) in [6, 6.07) is 23.8. The van der Waals surface area contributed by atoms with E-state index in [9.17, 15) is 9.59 Å². The van der Waals surface area contributed by atoms with Gasteiger partial charge in [-0.05, 0) is 81.2 Å². The van der Waals surface area contributed by atoms with Gasteiger partial charge in [0.05, 0.1) is 23.5 Å². The van der Waals surface area contributed by atoms with Crippen LogP contribution in [0, 0.1) is 5.92 Å². The number of methoxy groups -OCH3 is 1. The van der Waals surface area contributed by atoms with E-state index in [2.05, 4.69) is 21.2 Å². The van der Waals surface area contributed by atoms with Crippen LogP contribution in [-0.4, -0.2) is 42.3 Å². The topological polar surface area (TPSA) is 94.2 Å². The molecule has 1 N–H and O–H groups in total. The van der Waals surface area contributed by atoms with Crippen LogP contribution in [-0.2, 0) is 10.2 Å². The number of carbonyl (C=O) groups is 3. The minimum absolute atomic E-state index is 0.0566. The van der Waals surface area contributed by atoms with E-state index in [-0.39, 0.29) is 24.3 Å². The second kappa shape index (κ2) is 9.82. The zero-order chi connectivity index (χ0) is 30.2. The van der Waals surface area contributed by atoms with E-state index in [4.69, 9.17) is 14.2 Å². The van der Waals surface area contributed by atoms with Crippen molar-refractivity contribution >= 4 is 45.2 Å². The number of nitrogens with zero attached hydrogens (tertiary/aromatic N) is 1. The summed E-state index contributed by atoms with van der Waals surface area (Å²) >= 11 is 3.51. The minimum Gasteiger partial charge on any atom is -0.496 e. The van der Waals surface area contributed by atoms with E-state index in [0.29, 0.717) is 44.1 Å². The molecule has 4 aromatic rings. The van der Waals surface area contributed by atoms with Crippen molar-refractivity contribution in [2.24, 2.45) is 5.92 Å². The van der Waals surface area contributed by atoms with Gasteiger partial charge in [-0.1, -0.05) is 42.5 Å². The standard InChI is InChI=1S/C35H25BrN2O6/c1-42-26-12-10-20(16-24(26)36)32(40)30-29(31(39)21-11-13-27-28(17-21)44-18-43-27)35(23-8-4-5-9-25(23)37-34(35)41)33-22-7-3-2-6-19(22)14-15-38(30)33/h2-17,29-30,33H,18H2,1H3,(H,37,41)/t29-,30+,33-,35-/m1/s1. The summed E-state index contributed by atoms with van der Waals surface area (Å²) in [6.45, 7) is 0.0566. The maximum absolute atomic E-state index is 15.0. The first-order valence-corrected chi connectivity index (χ1v) is 15.0. The molecule has 8 nitrogen and oxygen atoms in total. The summed E-state index contributed by atoms with van der Waals surface area (Å²) < 4.78 is 17.1. The third kappa shape index (κ3) is 3.59. The van der Waals surface area contributed by atoms with E-state index >= 15 is 4.79 Å². The molecule has 0 unspecified atom stereocenters. The van der Waals surface area contributed by atoms with Crippen LogP contribution in [0.4, 0.5) is 5.69 Å². The van der Waals surface area contributed by atoms with E-state index < -0.39 is 23.4 Å². The lowest BCUT2D eigenvalue weighted by Crippen LogP contribution is -2.49. The van der Waals surface area contributed by atoms with Crippen molar-refractivity contribution in [3.63, 3.8) is 0 Å². The normalized spacial score (nSPS) is 23.6. The van der Waals surface area contributed by atoms with Crippen LogP contribution in [0.2, 0.25) is 0 Å². The number of hydrogen-bond acceptors (Lipinski definition) is 7. The number of para-hydroxylation sites is 1. The lowest BCUT2D eigenvalue weighted by atomic mass is 9.62. The number of amides is 1. The Bertz CT molecular complexity index is 1940. The summed E-state index contributed by atoms with van der Waals surface area (Å²) in [4.78, 5) is 46.3. The molecule has 218 valence electrons. The third-order valence-electron chi connectivity index (χ3n) is 9.21. The molecule has 9 heteroatoms. The molecule has 8 rings (SSSR count). The molecule has 4 atom stereocenters. The van der Waals surface area contributed by atoms with Crippen molar-refractivity contribution in [2.75, 3.05) is 19.2 Å². The second-order valence-electron chi connectivity index (χ2n) is 11.2. The van der Waals surface area contributed by atoms with Crippen molar-refractivity contribution in [3.8, 4) is 17.2 Å². The highest BCUT2D eigenvalue weighted by Gasteiger charge is 2.70. The molecule has 1 saturated heterocycles. The Balaban J connectivity index is 1.40. The van der Waals surface area contributed by atoms with Crippen LogP contribution >= 0.6 is 15.9 Å². The number of halogens is 1. The van der Waals surface area contributed by atoms with Gasteiger partial charge in [0.2, 0.25) is 12.7 Å². The first kappa shape index (κ1) is 26.7. The van der Waals surface area contributed by atoms with Crippen molar-refractivity contribution in [2.45, 2.75) is 17.5 Å². The zero-order valence-electron chi connectivity index (χ0n) is 23.5. The van der Waals surface area contributed by atoms with Gasteiger partial charge in [-0.25, -0.2) is 0 Å². The van der Waals surface area contributed by atoms with Crippen molar-refractivity contribution in [1.82, 2.24) is 4.90 Å². The van der Waals surface area contributed by atoms with Crippen LogP contribution in [0.15, 0.2) is 95.6 Å². The molecule has 0 aromatic heterocycles. The van der Waals surface area contributed by atoms with Gasteiger partial charge in [-0.2, -0.15) is 0 Å². The van der Waals surface area contributed by atoms with Gasteiger partial charge < -0.3 is 24.4 Å². The molecular formula is C35H25BrN2O6. The summed E-state index contributed by atoms with van der Waals surface area (Å²) in [5, 5.41) is 3.07. The van der Waals surface area contributed by atoms with Gasteiger partial charge in [0.25, 0.3) is 0 Å². The number of benzene rings is 4. The average molecular weight is 649 g/mol. The van der Waals surface area contributed by atoms with E-state index in [0.717, 1.165) is 11.1 Å². The van der Waals surface area contributed by atoms with E-state index in [1.54, 1.807) is 43.5 Å². The lowest BCUT2D eigenvalue weighted by Gasteiger charge is -2.38. The van der Waals surface area contributed by atoms with Crippen LogP contribution < -0.4 is 19.5 Å². The fraction of sp³-hybridized carbons (Fsp3) is 0.171. The number of rotatable bonds is 5. The largest absolute Gasteiger partial charge is 0.496 e. The molecular weight excluding hydrogens is 624 g/mol. The second-order valence-corrected chi connectivity index (χ2v) is 12.1. The van der Waals surface area contributed by atoms with Gasteiger partial charge >= 0.3 is 0 Å². The molecule has 4 aliphatic heterocycles. The summed E-state index contributed by atoms with van der Waals surface area (Å²) in [6.07, 6.45) is 3.80. The molecule has 0 saturated carbocycles. The van der Waals surface area contributed by atoms with Gasteiger partial charge in [0.1, 0.15) is 17.2 Å². The Morgan fingerprint density at radius 2 is 1.68 bits per heavy atom. The number of ether oxygens (including phenoxy) is 3. The highest BCUT2D eigenvalue weighted by Crippen LogP contribution is 2.62. The first-order chi connectivity index (χ1) is 21.4. The monoisotopic (exact) mass is 648 g/mol. The summed E-state index contributed by atoms with van der Waals surface area (Å²) in [5.41, 5.74) is 2.43. The Morgan fingerprint density at radius 1 is 0.932 bits per heavy atom. The predicted molar refractivity (Wildman–Crippen MR) is 166 cm³/mol. The molecule has 1 amide bonds. The smallest absolute Gasteiger partial charge is 0.238 e. The van der Waals surface area contributed by atoms with E-state index in [1.165, 1.54) is 0 Å². The van der Waals surface area contributed by atoms with Crippen molar-refractivity contribution < 1.29 is 28.6 Å². The third-order valence-corrected chi connectivity index (χ3v) is 9.83. The fourth-order valence-electron chi connectivity index (χ4n) is 7.39. The molecule has 1 spiro atoms. The maximum atomic E-state index is 15.0.